The van der Waals surface area contributed by atoms with Crippen molar-refractivity contribution in [3.8, 4) is 0 Å². The van der Waals surface area contributed by atoms with E-state index in [9.17, 15) is 5.11 Å². The predicted octanol–water partition coefficient (Wildman–Crippen LogP) is 0.649. The number of nitrogens with zero attached hydrogens (tertiary/aromatic N) is 1. The lowest BCUT2D eigenvalue weighted by atomic mass is 10.1. The number of anilines is 1. The van der Waals surface area contributed by atoms with Crippen LogP contribution in [0.25, 0.3) is 0 Å². The van der Waals surface area contributed by atoms with Crippen LogP contribution in [0.4, 0.5) is 5.82 Å². The van der Waals surface area contributed by atoms with E-state index in [2.05, 4.69) is 27.6 Å². The molecule has 0 aliphatic rings. The lowest BCUT2D eigenvalue weighted by molar-refractivity contribution is 0.164. The lowest BCUT2D eigenvalue weighted by Gasteiger charge is -2.14. The molecule has 5 N–H and O–H groups in total. The van der Waals surface area contributed by atoms with E-state index in [4.69, 9.17) is 11.5 Å². The molecule has 0 saturated carbocycles. The third kappa shape index (κ3) is 2.52. The second-order valence-electron chi connectivity index (χ2n) is 2.90. The van der Waals surface area contributed by atoms with Crippen molar-refractivity contribution >= 4 is 28.4 Å². The highest BCUT2D eigenvalue weighted by molar-refractivity contribution is 14.1. The van der Waals surface area contributed by atoms with E-state index in [1.54, 1.807) is 13.1 Å². The number of nitrogen functional groups attached to an aromatic ring is 1. The number of halogens is 1. The van der Waals surface area contributed by atoms with Crippen LogP contribution in [0.2, 0.25) is 0 Å². The van der Waals surface area contributed by atoms with Gasteiger partial charge in [-0.25, -0.2) is 4.98 Å². The Kier molecular flexibility index (Phi) is 3.46. The SMILES string of the molecule is C[C@H](O)[C@H](N)c1cnc(N)c(I)c1. The number of rotatable bonds is 2. The molecule has 0 aromatic carbocycles. The summed E-state index contributed by atoms with van der Waals surface area (Å²) < 4.78 is 0.853. The Hall–Kier alpha value is -0.400. The maximum absolute atomic E-state index is 9.25. The van der Waals surface area contributed by atoms with E-state index in [0.29, 0.717) is 5.82 Å². The number of aliphatic hydroxyl groups is 1. The summed E-state index contributed by atoms with van der Waals surface area (Å²) in [7, 11) is 0. The van der Waals surface area contributed by atoms with Crippen molar-refractivity contribution in [2.45, 2.75) is 19.1 Å². The van der Waals surface area contributed by atoms with Crippen LogP contribution >= 0.6 is 22.6 Å². The molecule has 0 amide bonds. The minimum absolute atomic E-state index is 0.401. The minimum atomic E-state index is -0.582. The first kappa shape index (κ1) is 10.7. The van der Waals surface area contributed by atoms with E-state index in [-0.39, 0.29) is 0 Å². The topological polar surface area (TPSA) is 85.2 Å². The van der Waals surface area contributed by atoms with Gasteiger partial charge in [0.2, 0.25) is 0 Å². The van der Waals surface area contributed by atoms with E-state index < -0.39 is 12.1 Å². The summed E-state index contributed by atoms with van der Waals surface area (Å²) in [5.74, 6) is 0.488. The van der Waals surface area contributed by atoms with Crippen LogP contribution in [0.3, 0.4) is 0 Å². The first-order chi connectivity index (χ1) is 6.02. The Balaban J connectivity index is 2.97. The second-order valence-corrected chi connectivity index (χ2v) is 4.06. The number of pyridine rings is 1. The van der Waals surface area contributed by atoms with Crippen LogP contribution in [0.5, 0.6) is 0 Å². The van der Waals surface area contributed by atoms with Crippen molar-refractivity contribution in [3.05, 3.63) is 21.4 Å². The fourth-order valence-electron chi connectivity index (χ4n) is 0.924. The van der Waals surface area contributed by atoms with E-state index in [1.165, 1.54) is 0 Å². The first-order valence-electron chi connectivity index (χ1n) is 3.87. The van der Waals surface area contributed by atoms with Crippen LogP contribution in [0.1, 0.15) is 18.5 Å². The maximum Gasteiger partial charge on any atom is 0.136 e. The Morgan fingerprint density at radius 2 is 2.23 bits per heavy atom. The highest BCUT2D eigenvalue weighted by Gasteiger charge is 2.13. The summed E-state index contributed by atoms with van der Waals surface area (Å²) in [6.07, 6.45) is 1.01. The zero-order valence-electron chi connectivity index (χ0n) is 7.24. The summed E-state index contributed by atoms with van der Waals surface area (Å²) in [5.41, 5.74) is 12.1. The van der Waals surface area contributed by atoms with Gasteiger partial charge in [-0.15, -0.1) is 0 Å². The van der Waals surface area contributed by atoms with Gasteiger partial charge in [0.25, 0.3) is 0 Å². The zero-order valence-corrected chi connectivity index (χ0v) is 9.39. The first-order valence-corrected chi connectivity index (χ1v) is 4.95. The van der Waals surface area contributed by atoms with Gasteiger partial charge in [-0.1, -0.05) is 0 Å². The van der Waals surface area contributed by atoms with Crippen molar-refractivity contribution in [1.82, 2.24) is 4.98 Å². The van der Waals surface area contributed by atoms with Crippen LogP contribution in [-0.2, 0) is 0 Å². The maximum atomic E-state index is 9.25. The normalized spacial score (nSPS) is 15.4. The number of aliphatic hydroxyl groups excluding tert-OH is 1. The van der Waals surface area contributed by atoms with Crippen molar-refractivity contribution in [2.24, 2.45) is 5.73 Å². The Morgan fingerprint density at radius 3 is 2.69 bits per heavy atom. The average Bonchev–Trinajstić information content (AvgIpc) is 2.08. The molecule has 0 bridgehead atoms. The van der Waals surface area contributed by atoms with Gasteiger partial charge in [-0.3, -0.25) is 0 Å². The highest BCUT2D eigenvalue weighted by Crippen LogP contribution is 2.19. The molecule has 0 aliphatic carbocycles. The van der Waals surface area contributed by atoms with Crippen LogP contribution in [0, 0.1) is 3.57 Å². The molecular formula is C8H12IN3O. The molecular weight excluding hydrogens is 281 g/mol. The molecule has 2 atom stereocenters. The molecule has 0 radical (unpaired) electrons. The summed E-state index contributed by atoms with van der Waals surface area (Å²) in [5, 5.41) is 9.25. The van der Waals surface area contributed by atoms with Crippen molar-refractivity contribution < 1.29 is 5.11 Å². The van der Waals surface area contributed by atoms with Gasteiger partial charge < -0.3 is 16.6 Å². The van der Waals surface area contributed by atoms with Gasteiger partial charge in [-0.05, 0) is 41.1 Å². The highest BCUT2D eigenvalue weighted by atomic mass is 127. The predicted molar refractivity (Wildman–Crippen MR) is 60.0 cm³/mol. The fraction of sp³-hybridized carbons (Fsp3) is 0.375. The molecule has 1 aromatic heterocycles. The van der Waals surface area contributed by atoms with Gasteiger partial charge >= 0.3 is 0 Å². The number of hydrogen-bond donors (Lipinski definition) is 3. The second kappa shape index (κ2) is 4.21. The Morgan fingerprint density at radius 1 is 1.62 bits per heavy atom. The summed E-state index contributed by atoms with van der Waals surface area (Å²) in [6, 6.07) is 1.43. The molecule has 0 spiro atoms. The van der Waals surface area contributed by atoms with Crippen LogP contribution in [0.15, 0.2) is 12.3 Å². The van der Waals surface area contributed by atoms with Crippen LogP contribution in [-0.4, -0.2) is 16.2 Å². The molecule has 1 aromatic rings. The van der Waals surface area contributed by atoms with Gasteiger partial charge in [0.15, 0.2) is 0 Å². The molecule has 0 saturated heterocycles. The van der Waals surface area contributed by atoms with Crippen molar-refractivity contribution in [1.29, 1.82) is 0 Å². The standard InChI is InChI=1S/C8H12IN3O/c1-4(13)7(10)5-2-6(9)8(11)12-3-5/h2-4,7,13H,10H2,1H3,(H2,11,12)/t4-,7-/m0/s1. The molecule has 4 nitrogen and oxygen atoms in total. The molecule has 5 heteroatoms. The van der Waals surface area contributed by atoms with Gasteiger partial charge in [0, 0.05) is 6.20 Å². The fourth-order valence-corrected chi connectivity index (χ4v) is 1.42. The number of aromatic nitrogens is 1. The van der Waals surface area contributed by atoms with Gasteiger partial charge in [0.1, 0.15) is 5.82 Å². The largest absolute Gasteiger partial charge is 0.391 e. The number of hydrogen-bond acceptors (Lipinski definition) is 4. The van der Waals surface area contributed by atoms with Gasteiger partial charge in [0.05, 0.1) is 15.7 Å². The smallest absolute Gasteiger partial charge is 0.136 e. The third-order valence-corrected chi connectivity index (χ3v) is 2.66. The Bertz CT molecular complexity index is 303. The van der Waals surface area contributed by atoms with E-state index in [1.807, 2.05) is 6.07 Å². The van der Waals surface area contributed by atoms with Crippen molar-refractivity contribution in [3.63, 3.8) is 0 Å². The molecule has 1 rings (SSSR count). The lowest BCUT2D eigenvalue weighted by Crippen LogP contribution is -2.23. The average molecular weight is 293 g/mol. The summed E-state index contributed by atoms with van der Waals surface area (Å²) in [4.78, 5) is 3.96. The summed E-state index contributed by atoms with van der Waals surface area (Å²) >= 11 is 2.08. The number of nitrogens with two attached hydrogens (primary N) is 2. The summed E-state index contributed by atoms with van der Waals surface area (Å²) in [6.45, 7) is 1.65. The van der Waals surface area contributed by atoms with E-state index >= 15 is 0 Å². The quantitative estimate of drug-likeness (QED) is 0.699. The van der Waals surface area contributed by atoms with Gasteiger partial charge in [-0.2, -0.15) is 0 Å². The van der Waals surface area contributed by atoms with E-state index in [0.717, 1.165) is 9.13 Å². The molecule has 0 unspecified atom stereocenters. The minimum Gasteiger partial charge on any atom is -0.391 e. The zero-order chi connectivity index (χ0) is 10.0. The Labute approximate surface area is 90.5 Å². The monoisotopic (exact) mass is 293 g/mol. The third-order valence-electron chi connectivity index (χ3n) is 1.80. The molecule has 0 fully saturated rings. The molecule has 0 aliphatic heterocycles. The molecule has 13 heavy (non-hydrogen) atoms. The van der Waals surface area contributed by atoms with Crippen LogP contribution < -0.4 is 11.5 Å². The molecule has 72 valence electrons. The molecule has 1 heterocycles. The van der Waals surface area contributed by atoms with Crippen molar-refractivity contribution in [2.75, 3.05) is 5.73 Å².